The monoisotopic (exact) mass is 501 g/mol. The van der Waals surface area contributed by atoms with E-state index in [-0.39, 0.29) is 36.3 Å². The van der Waals surface area contributed by atoms with Crippen LogP contribution in [0, 0.1) is 0 Å². The van der Waals surface area contributed by atoms with E-state index in [0.717, 1.165) is 23.4 Å². The fraction of sp³-hybridized carbons (Fsp3) is 0.333. The number of halogens is 1. The van der Waals surface area contributed by atoms with Gasteiger partial charge in [0, 0.05) is 26.3 Å². The van der Waals surface area contributed by atoms with Gasteiger partial charge in [-0.2, -0.15) is 0 Å². The zero-order chi connectivity index (χ0) is 18.4. The minimum Gasteiger partial charge on any atom is -0.355 e. The SMILES string of the molecule is CN=C(NCCS(=O)(=O)N1CCc2ccccc21)NCc1ccccn1.I. The molecule has 0 amide bonds. The highest BCUT2D eigenvalue weighted by Gasteiger charge is 2.28. The molecule has 0 unspecified atom stereocenters. The Hall–Kier alpha value is -1.88. The van der Waals surface area contributed by atoms with Crippen LogP contribution in [0.1, 0.15) is 11.3 Å². The van der Waals surface area contributed by atoms with Crippen molar-refractivity contribution in [2.24, 2.45) is 4.99 Å². The van der Waals surface area contributed by atoms with Crippen LogP contribution in [-0.4, -0.2) is 45.3 Å². The Morgan fingerprint density at radius 2 is 1.96 bits per heavy atom. The summed E-state index contributed by atoms with van der Waals surface area (Å²) in [4.78, 5) is 8.34. The van der Waals surface area contributed by atoms with Crippen molar-refractivity contribution >= 4 is 45.6 Å². The molecular weight excluding hydrogens is 477 g/mol. The van der Waals surface area contributed by atoms with Crippen LogP contribution >= 0.6 is 24.0 Å². The van der Waals surface area contributed by atoms with E-state index in [1.54, 1.807) is 13.2 Å². The lowest BCUT2D eigenvalue weighted by atomic mass is 10.2. The van der Waals surface area contributed by atoms with E-state index < -0.39 is 10.0 Å². The van der Waals surface area contributed by atoms with E-state index in [4.69, 9.17) is 0 Å². The number of aliphatic imine (C=N–C) groups is 1. The summed E-state index contributed by atoms with van der Waals surface area (Å²) in [5.74, 6) is 0.554. The molecule has 0 bridgehead atoms. The van der Waals surface area contributed by atoms with E-state index in [1.807, 2.05) is 42.5 Å². The molecule has 1 aromatic carbocycles. The van der Waals surface area contributed by atoms with Crippen molar-refractivity contribution in [1.82, 2.24) is 15.6 Å². The maximum atomic E-state index is 12.7. The summed E-state index contributed by atoms with van der Waals surface area (Å²) in [5, 5.41) is 6.17. The quantitative estimate of drug-likeness (QED) is 0.358. The number of para-hydroxylation sites is 1. The minimum absolute atomic E-state index is 0. The van der Waals surface area contributed by atoms with Crippen LogP contribution in [0.2, 0.25) is 0 Å². The second-order valence-electron chi connectivity index (χ2n) is 5.94. The van der Waals surface area contributed by atoms with E-state index in [1.165, 1.54) is 4.31 Å². The fourth-order valence-electron chi connectivity index (χ4n) is 2.90. The molecule has 2 N–H and O–H groups in total. The number of nitrogens with zero attached hydrogens (tertiary/aromatic N) is 3. The number of pyridine rings is 1. The topological polar surface area (TPSA) is 86.7 Å². The molecule has 1 aliphatic rings. The van der Waals surface area contributed by atoms with Crippen molar-refractivity contribution in [3.63, 3.8) is 0 Å². The third kappa shape index (κ3) is 5.55. The van der Waals surface area contributed by atoms with Gasteiger partial charge < -0.3 is 10.6 Å². The molecule has 0 spiro atoms. The Morgan fingerprint density at radius 1 is 1.19 bits per heavy atom. The van der Waals surface area contributed by atoms with Gasteiger partial charge in [0.05, 0.1) is 23.7 Å². The molecule has 0 aliphatic carbocycles. The van der Waals surface area contributed by atoms with Crippen molar-refractivity contribution < 1.29 is 8.42 Å². The molecule has 0 radical (unpaired) electrons. The number of rotatable bonds is 6. The second kappa shape index (κ2) is 9.88. The van der Waals surface area contributed by atoms with Crippen molar-refractivity contribution in [2.45, 2.75) is 13.0 Å². The average molecular weight is 501 g/mol. The lowest BCUT2D eigenvalue weighted by Gasteiger charge is -2.20. The van der Waals surface area contributed by atoms with Gasteiger partial charge in [-0.1, -0.05) is 24.3 Å². The molecule has 0 saturated heterocycles. The fourth-order valence-corrected chi connectivity index (χ4v) is 4.33. The Morgan fingerprint density at radius 3 is 2.70 bits per heavy atom. The molecule has 9 heteroatoms. The third-order valence-electron chi connectivity index (χ3n) is 4.22. The molecule has 2 heterocycles. The first-order valence-corrected chi connectivity index (χ1v) is 10.1. The lowest BCUT2D eigenvalue weighted by Crippen LogP contribution is -2.41. The molecule has 0 atom stereocenters. The lowest BCUT2D eigenvalue weighted by molar-refractivity contribution is 0.590. The van der Waals surface area contributed by atoms with E-state index in [9.17, 15) is 8.42 Å². The Kier molecular flexibility index (Phi) is 7.84. The molecule has 3 rings (SSSR count). The van der Waals surface area contributed by atoms with Gasteiger partial charge in [0.15, 0.2) is 5.96 Å². The normalized spacial score (nSPS) is 13.7. The largest absolute Gasteiger partial charge is 0.355 e. The van der Waals surface area contributed by atoms with Crippen LogP contribution in [0.3, 0.4) is 0 Å². The number of sulfonamides is 1. The number of anilines is 1. The van der Waals surface area contributed by atoms with Crippen molar-refractivity contribution in [2.75, 3.05) is 30.2 Å². The molecular formula is C18H24IN5O2S. The molecule has 2 aromatic rings. The Labute approximate surface area is 177 Å². The van der Waals surface area contributed by atoms with Gasteiger partial charge >= 0.3 is 0 Å². The first kappa shape index (κ1) is 21.4. The van der Waals surface area contributed by atoms with Crippen LogP contribution < -0.4 is 14.9 Å². The summed E-state index contributed by atoms with van der Waals surface area (Å²) in [6.45, 7) is 1.31. The zero-order valence-corrected chi connectivity index (χ0v) is 18.3. The summed E-state index contributed by atoms with van der Waals surface area (Å²) in [5.41, 5.74) is 2.76. The molecule has 0 fully saturated rings. The first-order valence-electron chi connectivity index (χ1n) is 8.53. The van der Waals surface area contributed by atoms with Crippen molar-refractivity contribution in [3.8, 4) is 0 Å². The van der Waals surface area contributed by atoms with E-state index in [2.05, 4.69) is 20.6 Å². The maximum Gasteiger partial charge on any atom is 0.236 e. The third-order valence-corrected chi connectivity index (χ3v) is 5.99. The van der Waals surface area contributed by atoms with Crippen LogP contribution in [-0.2, 0) is 23.0 Å². The van der Waals surface area contributed by atoms with Gasteiger partial charge in [-0.15, -0.1) is 24.0 Å². The number of nitrogens with one attached hydrogen (secondary N) is 2. The van der Waals surface area contributed by atoms with Gasteiger partial charge in [-0.05, 0) is 30.2 Å². The Bertz CT molecular complexity index is 874. The van der Waals surface area contributed by atoms with Crippen LogP contribution in [0.4, 0.5) is 5.69 Å². The van der Waals surface area contributed by atoms with Gasteiger partial charge in [-0.3, -0.25) is 14.3 Å². The summed E-state index contributed by atoms with van der Waals surface area (Å²) < 4.78 is 26.8. The number of hydrogen-bond donors (Lipinski definition) is 2. The number of aromatic nitrogens is 1. The van der Waals surface area contributed by atoms with Gasteiger partial charge in [0.2, 0.25) is 10.0 Å². The highest BCUT2D eigenvalue weighted by molar-refractivity contribution is 14.0. The van der Waals surface area contributed by atoms with Crippen molar-refractivity contribution in [3.05, 3.63) is 59.9 Å². The number of guanidine groups is 1. The zero-order valence-electron chi connectivity index (χ0n) is 15.1. The summed E-state index contributed by atoms with van der Waals surface area (Å²) in [6, 6.07) is 13.3. The number of fused-ring (bicyclic) bond motifs is 1. The molecule has 7 nitrogen and oxygen atoms in total. The predicted octanol–water partition coefficient (Wildman–Crippen LogP) is 1.76. The maximum absolute atomic E-state index is 12.7. The minimum atomic E-state index is -3.37. The number of benzene rings is 1. The summed E-state index contributed by atoms with van der Waals surface area (Å²) in [7, 11) is -1.72. The molecule has 146 valence electrons. The average Bonchev–Trinajstić information content (AvgIpc) is 3.10. The predicted molar refractivity (Wildman–Crippen MR) is 119 cm³/mol. The van der Waals surface area contributed by atoms with E-state index in [0.29, 0.717) is 19.0 Å². The summed E-state index contributed by atoms with van der Waals surface area (Å²) in [6.07, 6.45) is 2.49. The van der Waals surface area contributed by atoms with Gasteiger partial charge in [-0.25, -0.2) is 8.42 Å². The standard InChI is InChI=1S/C18H23N5O2S.HI/c1-19-18(22-14-16-7-4-5-10-20-16)21-11-13-26(24,25)23-12-9-15-6-2-3-8-17(15)23;/h2-8,10H,9,11-14H2,1H3,(H2,19,21,22);1H. The first-order chi connectivity index (χ1) is 12.6. The molecule has 1 aliphatic heterocycles. The Balaban J connectivity index is 0.00000261. The highest BCUT2D eigenvalue weighted by atomic mass is 127. The van der Waals surface area contributed by atoms with Crippen LogP contribution in [0.25, 0.3) is 0 Å². The second-order valence-corrected chi connectivity index (χ2v) is 7.95. The van der Waals surface area contributed by atoms with Gasteiger partial charge in [0.25, 0.3) is 0 Å². The molecule has 27 heavy (non-hydrogen) atoms. The molecule has 1 aromatic heterocycles. The summed E-state index contributed by atoms with van der Waals surface area (Å²) >= 11 is 0. The van der Waals surface area contributed by atoms with Crippen LogP contribution in [0.15, 0.2) is 53.7 Å². The van der Waals surface area contributed by atoms with Gasteiger partial charge in [0.1, 0.15) is 0 Å². The van der Waals surface area contributed by atoms with Crippen LogP contribution in [0.5, 0.6) is 0 Å². The molecule has 0 saturated carbocycles. The smallest absolute Gasteiger partial charge is 0.236 e. The number of hydrogen-bond acceptors (Lipinski definition) is 4. The van der Waals surface area contributed by atoms with Crippen molar-refractivity contribution in [1.29, 1.82) is 0 Å². The highest BCUT2D eigenvalue weighted by Crippen LogP contribution is 2.29. The van der Waals surface area contributed by atoms with E-state index >= 15 is 0 Å².